The summed E-state index contributed by atoms with van der Waals surface area (Å²) in [6.45, 7) is 0. The molecule has 0 heterocycles. The van der Waals surface area contributed by atoms with Crippen LogP contribution in [-0.4, -0.2) is 22.7 Å². The molecule has 0 saturated carbocycles. The second kappa shape index (κ2) is 8.04. The van der Waals surface area contributed by atoms with Crippen LogP contribution >= 0.6 is 44.7 Å². The standard InChI is InChI=1S/C5H10BrNOS.BrH/c1-9-3-2-4(7)5(6)8;/h4H,2-3,7H2,1H3;1H/t4-;/m0./s1. The van der Waals surface area contributed by atoms with Crippen molar-refractivity contribution in [1.29, 1.82) is 0 Å². The van der Waals surface area contributed by atoms with Gasteiger partial charge in [-0.25, -0.2) is 0 Å². The van der Waals surface area contributed by atoms with E-state index in [2.05, 4.69) is 15.9 Å². The van der Waals surface area contributed by atoms with Crippen LogP contribution in [0.5, 0.6) is 0 Å². The van der Waals surface area contributed by atoms with Crippen molar-refractivity contribution in [1.82, 2.24) is 0 Å². The van der Waals surface area contributed by atoms with E-state index in [1.807, 2.05) is 6.26 Å². The molecule has 0 aliphatic carbocycles. The SMILES string of the molecule is Br.CSCC[C@H](N)C(=O)Br. The first-order valence-corrected chi connectivity index (χ1v) is 4.81. The van der Waals surface area contributed by atoms with E-state index in [1.54, 1.807) is 11.8 Å². The van der Waals surface area contributed by atoms with E-state index >= 15 is 0 Å². The third-order valence-corrected chi connectivity index (χ3v) is 2.16. The Morgan fingerprint density at radius 1 is 1.80 bits per heavy atom. The number of carbonyl (C=O) groups is 1. The minimum absolute atomic E-state index is 0. The van der Waals surface area contributed by atoms with Crippen molar-refractivity contribution in [2.75, 3.05) is 12.0 Å². The molecule has 0 rings (SSSR count). The Bertz CT molecular complexity index is 102. The van der Waals surface area contributed by atoms with Crippen molar-refractivity contribution < 1.29 is 4.79 Å². The summed E-state index contributed by atoms with van der Waals surface area (Å²) in [4.78, 5) is 10.4. The maximum atomic E-state index is 10.4. The monoisotopic (exact) mass is 291 g/mol. The predicted molar refractivity (Wildman–Crippen MR) is 55.2 cm³/mol. The van der Waals surface area contributed by atoms with Crippen LogP contribution in [0.2, 0.25) is 0 Å². The van der Waals surface area contributed by atoms with Crippen LogP contribution in [0.1, 0.15) is 6.42 Å². The fourth-order valence-electron chi connectivity index (χ4n) is 0.358. The molecule has 2 nitrogen and oxygen atoms in total. The average molecular weight is 293 g/mol. The molecule has 1 atom stereocenters. The van der Waals surface area contributed by atoms with Crippen molar-refractivity contribution in [3.05, 3.63) is 0 Å². The lowest BCUT2D eigenvalue weighted by Gasteiger charge is -2.02. The van der Waals surface area contributed by atoms with Gasteiger partial charge in [-0.3, -0.25) is 4.79 Å². The molecule has 0 saturated heterocycles. The third-order valence-electron chi connectivity index (χ3n) is 0.924. The predicted octanol–water partition coefficient (Wildman–Crippen LogP) is 1.57. The molecular formula is C5H11Br2NOS. The largest absolute Gasteiger partial charge is 0.321 e. The van der Waals surface area contributed by atoms with Crippen LogP contribution in [0, 0.1) is 0 Å². The van der Waals surface area contributed by atoms with Crippen molar-refractivity contribution in [3.8, 4) is 0 Å². The van der Waals surface area contributed by atoms with E-state index < -0.39 is 0 Å². The molecule has 0 bridgehead atoms. The number of rotatable bonds is 4. The molecule has 0 unspecified atom stereocenters. The Morgan fingerprint density at radius 2 is 2.30 bits per heavy atom. The molecule has 5 heteroatoms. The van der Waals surface area contributed by atoms with Crippen LogP contribution in [0.15, 0.2) is 0 Å². The van der Waals surface area contributed by atoms with Crippen LogP contribution in [0.3, 0.4) is 0 Å². The van der Waals surface area contributed by atoms with E-state index in [0.29, 0.717) is 0 Å². The maximum Gasteiger partial charge on any atom is 0.214 e. The van der Waals surface area contributed by atoms with E-state index in [4.69, 9.17) is 5.73 Å². The number of hydrogen-bond donors (Lipinski definition) is 1. The smallest absolute Gasteiger partial charge is 0.214 e. The van der Waals surface area contributed by atoms with Gasteiger partial charge in [0, 0.05) is 0 Å². The van der Waals surface area contributed by atoms with E-state index in [-0.39, 0.29) is 27.7 Å². The Morgan fingerprint density at radius 3 is 2.60 bits per heavy atom. The maximum absolute atomic E-state index is 10.4. The minimum atomic E-state index is -0.322. The zero-order valence-electron chi connectivity index (χ0n) is 5.67. The molecule has 0 aliphatic heterocycles. The summed E-state index contributed by atoms with van der Waals surface area (Å²) >= 11 is 4.49. The van der Waals surface area contributed by atoms with Gasteiger partial charge in [0.2, 0.25) is 4.69 Å². The summed E-state index contributed by atoms with van der Waals surface area (Å²) in [6, 6.07) is -0.322. The molecule has 62 valence electrons. The van der Waals surface area contributed by atoms with Crippen LogP contribution in [-0.2, 0) is 4.79 Å². The normalized spacial score (nSPS) is 11.9. The third kappa shape index (κ3) is 7.05. The van der Waals surface area contributed by atoms with Gasteiger partial charge in [-0.1, -0.05) is 0 Å². The quantitative estimate of drug-likeness (QED) is 0.800. The Balaban J connectivity index is 0. The molecule has 0 aromatic rings. The lowest BCUT2D eigenvalue weighted by molar-refractivity contribution is -0.111. The zero-order valence-corrected chi connectivity index (χ0v) is 9.79. The van der Waals surface area contributed by atoms with Gasteiger partial charge in [0.25, 0.3) is 0 Å². The number of thioether (sulfide) groups is 1. The van der Waals surface area contributed by atoms with Crippen LogP contribution in [0.25, 0.3) is 0 Å². The van der Waals surface area contributed by atoms with E-state index in [1.165, 1.54) is 0 Å². The highest BCUT2D eigenvalue weighted by Crippen LogP contribution is 2.01. The zero-order chi connectivity index (χ0) is 7.28. The average Bonchev–Trinajstić information content (AvgIpc) is 1.82. The van der Waals surface area contributed by atoms with Gasteiger partial charge in [-0.05, 0) is 34.4 Å². The molecule has 0 spiro atoms. The van der Waals surface area contributed by atoms with Gasteiger partial charge in [0.15, 0.2) is 0 Å². The lowest BCUT2D eigenvalue weighted by atomic mass is 10.3. The van der Waals surface area contributed by atoms with Gasteiger partial charge in [-0.15, -0.1) is 17.0 Å². The van der Waals surface area contributed by atoms with Gasteiger partial charge in [-0.2, -0.15) is 11.8 Å². The summed E-state index contributed by atoms with van der Waals surface area (Å²) in [6.07, 6.45) is 2.75. The highest BCUT2D eigenvalue weighted by molar-refractivity contribution is 9.18. The summed E-state index contributed by atoms with van der Waals surface area (Å²) in [7, 11) is 0. The van der Waals surface area contributed by atoms with Crippen molar-refractivity contribution >= 4 is 49.4 Å². The molecule has 10 heavy (non-hydrogen) atoms. The van der Waals surface area contributed by atoms with E-state index in [9.17, 15) is 4.79 Å². The van der Waals surface area contributed by atoms with Crippen LogP contribution < -0.4 is 5.73 Å². The Hall–Kier alpha value is 0.940. The van der Waals surface area contributed by atoms with E-state index in [0.717, 1.165) is 12.2 Å². The molecule has 2 N–H and O–H groups in total. The van der Waals surface area contributed by atoms with Gasteiger partial charge in [0.1, 0.15) is 0 Å². The first-order valence-electron chi connectivity index (χ1n) is 2.62. The Kier molecular flexibility index (Phi) is 10.9. The topological polar surface area (TPSA) is 43.1 Å². The van der Waals surface area contributed by atoms with Crippen molar-refractivity contribution in [2.45, 2.75) is 12.5 Å². The highest BCUT2D eigenvalue weighted by atomic mass is 79.9. The number of hydrogen-bond acceptors (Lipinski definition) is 3. The first-order chi connectivity index (χ1) is 4.18. The lowest BCUT2D eigenvalue weighted by Crippen LogP contribution is -2.26. The second-order valence-corrected chi connectivity index (χ2v) is 3.46. The van der Waals surface area contributed by atoms with Crippen molar-refractivity contribution in [2.24, 2.45) is 5.73 Å². The van der Waals surface area contributed by atoms with Crippen LogP contribution in [0.4, 0.5) is 0 Å². The summed E-state index contributed by atoms with van der Waals surface area (Å²) < 4.78 is -0.100. The summed E-state index contributed by atoms with van der Waals surface area (Å²) in [5, 5.41) is 0. The fourth-order valence-corrected chi connectivity index (χ4v) is 1.08. The first kappa shape index (κ1) is 13.5. The Labute approximate surface area is 84.2 Å². The molecule has 0 amide bonds. The molecule has 0 radical (unpaired) electrons. The number of carbonyl (C=O) groups excluding carboxylic acids is 1. The molecule has 0 aromatic carbocycles. The number of halogens is 2. The summed E-state index contributed by atoms with van der Waals surface area (Å²) in [5.74, 6) is 0.943. The molecular weight excluding hydrogens is 282 g/mol. The van der Waals surface area contributed by atoms with Crippen molar-refractivity contribution in [3.63, 3.8) is 0 Å². The fraction of sp³-hybridized carbons (Fsp3) is 0.800. The second-order valence-electron chi connectivity index (χ2n) is 1.69. The summed E-state index contributed by atoms with van der Waals surface area (Å²) in [5.41, 5.74) is 5.39. The molecule has 0 fully saturated rings. The van der Waals surface area contributed by atoms with Gasteiger partial charge < -0.3 is 5.73 Å². The van der Waals surface area contributed by atoms with Gasteiger partial charge in [0.05, 0.1) is 6.04 Å². The highest BCUT2D eigenvalue weighted by Gasteiger charge is 2.07. The molecule has 0 aromatic heterocycles. The van der Waals surface area contributed by atoms with Gasteiger partial charge >= 0.3 is 0 Å². The molecule has 0 aliphatic rings. The minimum Gasteiger partial charge on any atom is -0.321 e. The number of nitrogens with two attached hydrogens (primary N) is 1.